The van der Waals surface area contributed by atoms with Gasteiger partial charge in [0.05, 0.1) is 32.0 Å². The number of methoxy groups -OCH3 is 2. The molecule has 1 aromatic carbocycles. The summed E-state index contributed by atoms with van der Waals surface area (Å²) in [5, 5.41) is 4.38. The van der Waals surface area contributed by atoms with E-state index in [1.807, 2.05) is 38.1 Å². The summed E-state index contributed by atoms with van der Waals surface area (Å²) >= 11 is 1.66. The van der Waals surface area contributed by atoms with Gasteiger partial charge in [-0.2, -0.15) is 0 Å². The Balaban J connectivity index is 1.26. The molecule has 0 unspecified atom stereocenters. The normalized spacial score (nSPS) is 20.3. The van der Waals surface area contributed by atoms with Crippen molar-refractivity contribution < 1.29 is 33.3 Å². The Bertz CT molecular complexity index is 1560. The van der Waals surface area contributed by atoms with Crippen LogP contribution in [-0.2, 0) is 31.9 Å². The molecule has 1 N–H and O–H groups in total. The first-order valence-electron chi connectivity index (χ1n) is 15.7. The van der Waals surface area contributed by atoms with Crippen molar-refractivity contribution in [3.8, 4) is 22.2 Å². The maximum atomic E-state index is 13.9. The van der Waals surface area contributed by atoms with Gasteiger partial charge in [-0.15, -0.1) is 11.3 Å². The number of hydrogen-bond donors (Lipinski definition) is 1. The molecule has 240 valence electrons. The van der Waals surface area contributed by atoms with Crippen LogP contribution in [0.15, 0.2) is 24.3 Å². The SMILES string of the molecule is COC(=O)[C@@H]1C[C@@H](Oc2cc(-c3nc4c(s3)CCC4)nc3cc(OC)ccc23)CN1C(=O)[C@@H](NC(=O)OC1CCCC1)C(C)C. The average molecular weight is 637 g/mol. The summed E-state index contributed by atoms with van der Waals surface area (Å²) in [6.45, 7) is 3.84. The van der Waals surface area contributed by atoms with Gasteiger partial charge in [0.2, 0.25) is 5.91 Å². The van der Waals surface area contributed by atoms with E-state index in [9.17, 15) is 14.4 Å². The summed E-state index contributed by atoms with van der Waals surface area (Å²) in [6, 6.07) is 5.75. The molecule has 12 heteroatoms. The number of carbonyl (C=O) groups is 3. The number of nitrogens with one attached hydrogen (secondary N) is 1. The van der Waals surface area contributed by atoms with Gasteiger partial charge in [-0.05, 0) is 63.0 Å². The van der Waals surface area contributed by atoms with Crippen molar-refractivity contribution >= 4 is 40.2 Å². The number of nitrogens with zero attached hydrogens (tertiary/aromatic N) is 3. The summed E-state index contributed by atoms with van der Waals surface area (Å²) < 4.78 is 22.7. The standard InChI is InChI=1S/C33H40N4O7S/c1-18(2)29(36-33(40)44-19-8-5-6-9-19)31(38)37-17-21(15-26(37)32(39)42-4)43-27-16-25(30-35-23-10-7-11-28(23)45-30)34-24-14-20(41-3)12-13-22(24)27/h12-14,16,18-19,21,26,29H,5-11,15,17H2,1-4H3,(H,36,40)/t21-,26+,29+/m1/s1. The van der Waals surface area contributed by atoms with E-state index in [0.29, 0.717) is 22.7 Å². The number of fused-ring (bicyclic) bond motifs is 2. The molecule has 0 radical (unpaired) electrons. The Kier molecular flexibility index (Phi) is 9.11. The van der Waals surface area contributed by atoms with Crippen LogP contribution in [-0.4, -0.2) is 77.9 Å². The molecule has 2 amide bonds. The van der Waals surface area contributed by atoms with Crippen LogP contribution in [0.5, 0.6) is 11.5 Å². The maximum Gasteiger partial charge on any atom is 0.408 e. The minimum Gasteiger partial charge on any atom is -0.497 e. The molecule has 11 nitrogen and oxygen atoms in total. The Morgan fingerprint density at radius 2 is 1.82 bits per heavy atom. The molecule has 1 saturated heterocycles. The van der Waals surface area contributed by atoms with Gasteiger partial charge in [0.15, 0.2) is 0 Å². The number of esters is 1. The van der Waals surface area contributed by atoms with E-state index in [1.165, 1.54) is 16.9 Å². The molecule has 3 aromatic rings. The molecule has 2 fully saturated rings. The fourth-order valence-electron chi connectivity index (χ4n) is 6.49. The summed E-state index contributed by atoms with van der Waals surface area (Å²) in [5.74, 6) is 0.0925. The van der Waals surface area contributed by atoms with E-state index in [0.717, 1.165) is 61.0 Å². The van der Waals surface area contributed by atoms with Crippen LogP contribution >= 0.6 is 11.3 Å². The molecule has 3 atom stereocenters. The van der Waals surface area contributed by atoms with Crippen molar-refractivity contribution in [3.05, 3.63) is 34.8 Å². The van der Waals surface area contributed by atoms with Gasteiger partial charge in [-0.25, -0.2) is 19.6 Å². The first-order valence-corrected chi connectivity index (χ1v) is 16.6. The highest BCUT2D eigenvalue weighted by atomic mass is 32.1. The molecule has 2 aliphatic carbocycles. The molecular weight excluding hydrogens is 596 g/mol. The van der Waals surface area contributed by atoms with Crippen molar-refractivity contribution in [2.24, 2.45) is 5.92 Å². The molecule has 1 aliphatic heterocycles. The fraction of sp³-hybridized carbons (Fsp3) is 0.545. The number of carbonyl (C=O) groups excluding carboxylic acids is 3. The summed E-state index contributed by atoms with van der Waals surface area (Å²) in [7, 11) is 2.91. The van der Waals surface area contributed by atoms with Crippen LogP contribution in [0.1, 0.15) is 62.9 Å². The first-order chi connectivity index (χ1) is 21.7. The van der Waals surface area contributed by atoms with Crippen molar-refractivity contribution in [2.45, 2.75) is 89.5 Å². The molecular formula is C33H40N4O7S. The van der Waals surface area contributed by atoms with E-state index in [1.54, 1.807) is 18.4 Å². The fourth-order valence-corrected chi connectivity index (χ4v) is 7.60. The third-order valence-electron chi connectivity index (χ3n) is 8.89. The number of likely N-dealkylation sites (tertiary alicyclic amines) is 1. The number of ether oxygens (including phenoxy) is 4. The quantitative estimate of drug-likeness (QED) is 0.320. The van der Waals surface area contributed by atoms with Crippen LogP contribution in [0.2, 0.25) is 0 Å². The van der Waals surface area contributed by atoms with Gasteiger partial charge in [-0.1, -0.05) is 13.8 Å². The van der Waals surface area contributed by atoms with Crippen LogP contribution in [0, 0.1) is 5.92 Å². The summed E-state index contributed by atoms with van der Waals surface area (Å²) in [5.41, 5.74) is 2.53. The highest BCUT2D eigenvalue weighted by Gasteiger charge is 2.44. The van der Waals surface area contributed by atoms with E-state index in [-0.39, 0.29) is 30.9 Å². The minimum absolute atomic E-state index is 0.134. The second-order valence-corrected chi connectivity index (χ2v) is 13.4. The maximum absolute atomic E-state index is 13.9. The average Bonchev–Trinajstić information content (AvgIpc) is 3.84. The topological polar surface area (TPSA) is 129 Å². The monoisotopic (exact) mass is 636 g/mol. The second-order valence-electron chi connectivity index (χ2n) is 12.3. The molecule has 2 aromatic heterocycles. The molecule has 3 heterocycles. The minimum atomic E-state index is -0.877. The highest BCUT2D eigenvalue weighted by Crippen LogP contribution is 2.38. The second kappa shape index (κ2) is 13.2. The number of rotatable bonds is 9. The number of aromatic nitrogens is 2. The smallest absolute Gasteiger partial charge is 0.408 e. The molecule has 0 spiro atoms. The lowest BCUT2D eigenvalue weighted by molar-refractivity contribution is -0.152. The van der Waals surface area contributed by atoms with E-state index < -0.39 is 30.3 Å². The van der Waals surface area contributed by atoms with E-state index in [2.05, 4.69) is 5.32 Å². The predicted molar refractivity (Wildman–Crippen MR) is 168 cm³/mol. The number of alkyl carbamates (subject to hydrolysis) is 1. The summed E-state index contributed by atoms with van der Waals surface area (Å²) in [6.07, 6.45) is 5.79. The van der Waals surface area contributed by atoms with Crippen LogP contribution in [0.4, 0.5) is 4.79 Å². The van der Waals surface area contributed by atoms with Crippen LogP contribution in [0.3, 0.4) is 0 Å². The summed E-state index contributed by atoms with van der Waals surface area (Å²) in [4.78, 5) is 52.2. The van der Waals surface area contributed by atoms with E-state index >= 15 is 0 Å². The van der Waals surface area contributed by atoms with Gasteiger partial charge >= 0.3 is 12.1 Å². The number of benzene rings is 1. The molecule has 45 heavy (non-hydrogen) atoms. The third-order valence-corrected chi connectivity index (χ3v) is 10.1. The van der Waals surface area contributed by atoms with E-state index in [4.69, 9.17) is 28.9 Å². The van der Waals surface area contributed by atoms with Crippen molar-refractivity contribution in [1.82, 2.24) is 20.2 Å². The van der Waals surface area contributed by atoms with Gasteiger partial charge in [-0.3, -0.25) is 4.79 Å². The van der Waals surface area contributed by atoms with Crippen LogP contribution < -0.4 is 14.8 Å². The lowest BCUT2D eigenvalue weighted by atomic mass is 10.0. The molecule has 0 bridgehead atoms. The number of aryl methyl sites for hydroxylation is 2. The lowest BCUT2D eigenvalue weighted by Crippen LogP contribution is -2.54. The predicted octanol–water partition coefficient (Wildman–Crippen LogP) is 5.07. The van der Waals surface area contributed by atoms with Crippen molar-refractivity contribution in [2.75, 3.05) is 20.8 Å². The Labute approximate surface area is 266 Å². The zero-order valence-electron chi connectivity index (χ0n) is 26.2. The molecule has 3 aliphatic rings. The Hall–Kier alpha value is -3.93. The molecule has 6 rings (SSSR count). The van der Waals surface area contributed by atoms with Crippen LogP contribution in [0.25, 0.3) is 21.6 Å². The van der Waals surface area contributed by atoms with Crippen molar-refractivity contribution in [1.29, 1.82) is 0 Å². The van der Waals surface area contributed by atoms with Gasteiger partial charge in [0, 0.05) is 28.8 Å². The first kappa shape index (κ1) is 31.1. The Morgan fingerprint density at radius 3 is 2.53 bits per heavy atom. The number of pyridine rings is 1. The highest BCUT2D eigenvalue weighted by molar-refractivity contribution is 7.15. The number of amides is 2. The lowest BCUT2D eigenvalue weighted by Gasteiger charge is -2.29. The molecule has 1 saturated carbocycles. The zero-order chi connectivity index (χ0) is 31.7. The van der Waals surface area contributed by atoms with Crippen molar-refractivity contribution in [3.63, 3.8) is 0 Å². The van der Waals surface area contributed by atoms with Gasteiger partial charge < -0.3 is 29.2 Å². The number of thiazole rings is 1. The Morgan fingerprint density at radius 1 is 1.02 bits per heavy atom. The third kappa shape index (κ3) is 6.56. The zero-order valence-corrected chi connectivity index (χ0v) is 27.0. The number of hydrogen-bond acceptors (Lipinski definition) is 10. The largest absolute Gasteiger partial charge is 0.497 e. The van der Waals surface area contributed by atoms with Gasteiger partial charge in [0.1, 0.15) is 46.5 Å². The van der Waals surface area contributed by atoms with Gasteiger partial charge in [0.25, 0.3) is 0 Å².